The van der Waals surface area contributed by atoms with Gasteiger partial charge in [-0.3, -0.25) is 14.4 Å². The molecule has 3 heteroatoms. The molecule has 0 bridgehead atoms. The van der Waals surface area contributed by atoms with E-state index in [1.54, 1.807) is 91.0 Å². The van der Waals surface area contributed by atoms with Crippen LogP contribution in [0.1, 0.15) is 32.4 Å². The highest BCUT2D eigenvalue weighted by atomic mass is 16.1. The minimum Gasteiger partial charge on any atom is -0.294 e. The Balaban J connectivity index is 1.74. The predicted octanol–water partition coefficient (Wildman–Crippen LogP) is 4.50. The minimum atomic E-state index is -1.79. The first-order valence-corrected chi connectivity index (χ1v) is 8.83. The Bertz CT molecular complexity index is 972. The summed E-state index contributed by atoms with van der Waals surface area (Å²) >= 11 is 0. The number of benzene rings is 3. The van der Waals surface area contributed by atoms with E-state index in [9.17, 15) is 14.4 Å². The van der Waals surface area contributed by atoms with Crippen LogP contribution in [0.2, 0.25) is 0 Å². The zero-order valence-corrected chi connectivity index (χ0v) is 14.5. The number of carbonyl (C=O) groups excluding carboxylic acids is 3. The minimum absolute atomic E-state index is 0.339. The SMILES string of the molecule is [2H]C1(C(=O)c2ccccc2)[C@H](C(=O)c2ccccc2)[C@@H]1C(=O)c1ccccc1. The summed E-state index contributed by atoms with van der Waals surface area (Å²) in [7, 11) is 0. The second kappa shape index (κ2) is 7.12. The van der Waals surface area contributed by atoms with Gasteiger partial charge in [0.1, 0.15) is 0 Å². The van der Waals surface area contributed by atoms with Crippen LogP contribution in [-0.2, 0) is 0 Å². The first-order valence-electron chi connectivity index (χ1n) is 9.33. The topological polar surface area (TPSA) is 51.2 Å². The van der Waals surface area contributed by atoms with Crippen molar-refractivity contribution in [1.82, 2.24) is 0 Å². The monoisotopic (exact) mass is 355 g/mol. The molecule has 1 aliphatic rings. The largest absolute Gasteiger partial charge is 0.294 e. The molecule has 1 unspecified atom stereocenters. The van der Waals surface area contributed by atoms with Crippen molar-refractivity contribution in [2.75, 3.05) is 0 Å². The van der Waals surface area contributed by atoms with Crippen molar-refractivity contribution in [3.05, 3.63) is 108 Å². The Morgan fingerprint density at radius 3 is 1.15 bits per heavy atom. The summed E-state index contributed by atoms with van der Waals surface area (Å²) in [6, 6.07) is 25.5. The third kappa shape index (κ3) is 3.24. The molecular weight excluding hydrogens is 336 g/mol. The van der Waals surface area contributed by atoms with E-state index in [1.165, 1.54) is 0 Å². The molecule has 0 amide bonds. The average molecular weight is 355 g/mol. The maximum atomic E-state index is 13.1. The Morgan fingerprint density at radius 2 is 0.815 bits per heavy atom. The lowest BCUT2D eigenvalue weighted by molar-refractivity contribution is 0.0906. The fourth-order valence-corrected chi connectivity index (χ4v) is 3.45. The third-order valence-electron chi connectivity index (χ3n) is 4.87. The standard InChI is InChI=1S/C24H18O3/c25-22(16-10-4-1-5-11-16)19-20(23(26)17-12-6-2-7-13-17)21(19)24(27)18-14-8-3-9-15-18/h1-15,19-21H/i19D/t19?,20-,21+. The third-order valence-corrected chi connectivity index (χ3v) is 4.87. The highest BCUT2D eigenvalue weighted by Crippen LogP contribution is 2.51. The van der Waals surface area contributed by atoms with Gasteiger partial charge < -0.3 is 0 Å². The van der Waals surface area contributed by atoms with Gasteiger partial charge in [0.15, 0.2) is 17.3 Å². The molecule has 1 saturated carbocycles. The van der Waals surface area contributed by atoms with Crippen molar-refractivity contribution in [2.45, 2.75) is 0 Å². The second-order valence-corrected chi connectivity index (χ2v) is 6.57. The van der Waals surface area contributed by atoms with Crippen molar-refractivity contribution in [1.29, 1.82) is 0 Å². The average Bonchev–Trinajstić information content (AvgIpc) is 3.40. The molecule has 0 heterocycles. The number of carbonyl (C=O) groups is 3. The zero-order chi connectivity index (χ0) is 19.7. The lowest BCUT2D eigenvalue weighted by atomic mass is 10.0. The van der Waals surface area contributed by atoms with Gasteiger partial charge in [-0.05, 0) is 0 Å². The van der Waals surface area contributed by atoms with E-state index in [2.05, 4.69) is 0 Å². The van der Waals surface area contributed by atoms with Gasteiger partial charge in [-0.15, -0.1) is 0 Å². The van der Waals surface area contributed by atoms with Gasteiger partial charge >= 0.3 is 0 Å². The Hall–Kier alpha value is -3.33. The van der Waals surface area contributed by atoms with Crippen LogP contribution in [0.3, 0.4) is 0 Å². The molecule has 3 aromatic rings. The highest BCUT2D eigenvalue weighted by molar-refractivity contribution is 6.16. The van der Waals surface area contributed by atoms with Gasteiger partial charge in [0.25, 0.3) is 0 Å². The van der Waals surface area contributed by atoms with Crippen LogP contribution in [0.4, 0.5) is 0 Å². The summed E-state index contributed by atoms with van der Waals surface area (Å²) in [6.07, 6.45) is 0. The van der Waals surface area contributed by atoms with Crippen LogP contribution in [0.5, 0.6) is 0 Å². The molecule has 0 spiro atoms. The normalized spacial score (nSPS) is 23.9. The van der Waals surface area contributed by atoms with E-state index in [0.29, 0.717) is 16.7 Å². The van der Waals surface area contributed by atoms with Crippen LogP contribution in [0.15, 0.2) is 91.0 Å². The maximum Gasteiger partial charge on any atom is 0.167 e. The molecule has 0 aliphatic heterocycles. The number of Topliss-reactive ketones (excluding diaryl/α,β-unsaturated/α-hetero) is 3. The number of hydrogen-bond acceptors (Lipinski definition) is 3. The number of ketones is 3. The van der Waals surface area contributed by atoms with Gasteiger partial charge in [-0.25, -0.2) is 0 Å². The van der Waals surface area contributed by atoms with Crippen molar-refractivity contribution < 1.29 is 15.8 Å². The summed E-state index contributed by atoms with van der Waals surface area (Å²) in [5, 5.41) is 0. The van der Waals surface area contributed by atoms with E-state index in [0.717, 1.165) is 0 Å². The van der Waals surface area contributed by atoms with E-state index in [1.807, 2.05) is 0 Å². The van der Waals surface area contributed by atoms with E-state index >= 15 is 0 Å². The molecule has 27 heavy (non-hydrogen) atoms. The summed E-state index contributed by atoms with van der Waals surface area (Å²) in [5.41, 5.74) is 1.16. The van der Waals surface area contributed by atoms with Crippen molar-refractivity contribution in [3.8, 4) is 0 Å². The summed E-state index contributed by atoms with van der Waals surface area (Å²) in [6.45, 7) is 0. The molecule has 3 atom stereocenters. The van der Waals surface area contributed by atoms with Crippen molar-refractivity contribution in [2.24, 2.45) is 17.7 Å². The van der Waals surface area contributed by atoms with E-state index in [4.69, 9.17) is 1.37 Å². The summed E-state index contributed by atoms with van der Waals surface area (Å²) in [4.78, 5) is 39.3. The molecule has 0 radical (unpaired) electrons. The molecule has 0 aromatic heterocycles. The highest BCUT2D eigenvalue weighted by Gasteiger charge is 2.61. The summed E-state index contributed by atoms with van der Waals surface area (Å²) in [5.74, 6) is -4.94. The second-order valence-electron chi connectivity index (χ2n) is 6.57. The lowest BCUT2D eigenvalue weighted by Crippen LogP contribution is -2.09. The van der Waals surface area contributed by atoms with Gasteiger partial charge in [-0.1, -0.05) is 91.0 Å². The zero-order valence-electron chi connectivity index (χ0n) is 15.5. The predicted molar refractivity (Wildman–Crippen MR) is 103 cm³/mol. The Labute approximate surface area is 159 Å². The first-order chi connectivity index (χ1) is 13.5. The fraction of sp³-hybridized carbons (Fsp3) is 0.125. The molecule has 4 rings (SSSR count). The lowest BCUT2D eigenvalue weighted by Gasteiger charge is -2.00. The van der Waals surface area contributed by atoms with Crippen LogP contribution >= 0.6 is 0 Å². The van der Waals surface area contributed by atoms with E-state index in [-0.39, 0.29) is 11.6 Å². The molecule has 0 saturated heterocycles. The van der Waals surface area contributed by atoms with Crippen LogP contribution < -0.4 is 0 Å². The molecule has 132 valence electrons. The van der Waals surface area contributed by atoms with Crippen LogP contribution in [-0.4, -0.2) is 17.3 Å². The Morgan fingerprint density at radius 1 is 0.519 bits per heavy atom. The van der Waals surface area contributed by atoms with Gasteiger partial charge in [-0.2, -0.15) is 0 Å². The smallest absolute Gasteiger partial charge is 0.167 e. The molecular formula is C24H18O3. The summed E-state index contributed by atoms with van der Waals surface area (Å²) < 4.78 is 8.87. The maximum absolute atomic E-state index is 13.1. The molecule has 3 aromatic carbocycles. The fourth-order valence-electron chi connectivity index (χ4n) is 3.45. The Kier molecular flexibility index (Phi) is 4.19. The molecule has 1 aliphatic carbocycles. The number of hydrogen-bond donors (Lipinski definition) is 0. The van der Waals surface area contributed by atoms with Crippen LogP contribution in [0, 0.1) is 17.7 Å². The molecule has 0 N–H and O–H groups in total. The van der Waals surface area contributed by atoms with Crippen molar-refractivity contribution >= 4 is 17.3 Å². The first kappa shape index (κ1) is 15.9. The van der Waals surface area contributed by atoms with E-state index < -0.39 is 23.5 Å². The molecule has 3 nitrogen and oxygen atoms in total. The van der Waals surface area contributed by atoms with Gasteiger partial charge in [0, 0.05) is 35.8 Å². The van der Waals surface area contributed by atoms with Gasteiger partial charge in [0.2, 0.25) is 0 Å². The quantitative estimate of drug-likeness (QED) is 0.612. The van der Waals surface area contributed by atoms with Crippen LogP contribution in [0.25, 0.3) is 0 Å². The molecule has 1 fully saturated rings. The van der Waals surface area contributed by atoms with Crippen molar-refractivity contribution in [3.63, 3.8) is 0 Å². The van der Waals surface area contributed by atoms with Gasteiger partial charge in [0.05, 0.1) is 0 Å². The number of rotatable bonds is 6.